The molecular formula is C21H21N3O3. The molecule has 27 heavy (non-hydrogen) atoms. The smallest absolute Gasteiger partial charge is 0.251 e. The first kappa shape index (κ1) is 17.3. The molecule has 138 valence electrons. The summed E-state index contributed by atoms with van der Waals surface area (Å²) < 4.78 is 10.7. The van der Waals surface area contributed by atoms with Gasteiger partial charge in [-0.2, -0.15) is 0 Å². The number of aryl methyl sites for hydroxylation is 2. The van der Waals surface area contributed by atoms with Gasteiger partial charge in [-0.15, -0.1) is 0 Å². The number of hydrogen-bond donors (Lipinski definition) is 1. The summed E-state index contributed by atoms with van der Waals surface area (Å²) in [6.45, 7) is 4.79. The summed E-state index contributed by atoms with van der Waals surface area (Å²) in [5.41, 5.74) is 5.10. The van der Waals surface area contributed by atoms with Gasteiger partial charge in [-0.25, -0.2) is 9.97 Å². The first-order valence-corrected chi connectivity index (χ1v) is 9.14. The van der Waals surface area contributed by atoms with Crippen LogP contribution in [0.5, 0.6) is 11.5 Å². The number of carbonyl (C=O) groups excluding carboxylic acids is 1. The van der Waals surface area contributed by atoms with Gasteiger partial charge in [-0.1, -0.05) is 19.9 Å². The Kier molecular flexibility index (Phi) is 4.62. The molecule has 4 rings (SSSR count). The van der Waals surface area contributed by atoms with Gasteiger partial charge in [0, 0.05) is 12.1 Å². The van der Waals surface area contributed by atoms with Crippen molar-refractivity contribution in [1.29, 1.82) is 0 Å². The summed E-state index contributed by atoms with van der Waals surface area (Å²) in [6.07, 6.45) is 1.68. The lowest BCUT2D eigenvalue weighted by Crippen LogP contribution is -2.22. The fourth-order valence-corrected chi connectivity index (χ4v) is 3.17. The van der Waals surface area contributed by atoms with Gasteiger partial charge in [0.25, 0.3) is 5.91 Å². The molecule has 0 unspecified atom stereocenters. The highest BCUT2D eigenvalue weighted by Crippen LogP contribution is 2.32. The lowest BCUT2D eigenvalue weighted by molar-refractivity contribution is 0.0951. The molecule has 0 saturated carbocycles. The Morgan fingerprint density at radius 3 is 2.48 bits per heavy atom. The third-order valence-corrected chi connectivity index (χ3v) is 4.64. The van der Waals surface area contributed by atoms with Gasteiger partial charge >= 0.3 is 0 Å². The number of amides is 1. The lowest BCUT2D eigenvalue weighted by Gasteiger charge is -2.09. The molecule has 1 amide bonds. The van der Waals surface area contributed by atoms with E-state index in [0.29, 0.717) is 17.9 Å². The molecule has 6 heteroatoms. The third kappa shape index (κ3) is 3.43. The van der Waals surface area contributed by atoms with Crippen molar-refractivity contribution in [3.8, 4) is 11.5 Å². The van der Waals surface area contributed by atoms with Crippen molar-refractivity contribution in [3.05, 3.63) is 58.9 Å². The maximum Gasteiger partial charge on any atom is 0.251 e. The molecule has 6 nitrogen and oxygen atoms in total. The van der Waals surface area contributed by atoms with Crippen LogP contribution in [0.2, 0.25) is 0 Å². The van der Waals surface area contributed by atoms with Crippen LogP contribution in [0.3, 0.4) is 0 Å². The number of ether oxygens (including phenoxy) is 2. The lowest BCUT2D eigenvalue weighted by atomic mass is 10.1. The van der Waals surface area contributed by atoms with Gasteiger partial charge in [-0.3, -0.25) is 4.79 Å². The van der Waals surface area contributed by atoms with Crippen LogP contribution in [-0.4, -0.2) is 22.7 Å². The molecule has 2 heterocycles. The zero-order valence-corrected chi connectivity index (χ0v) is 15.4. The average molecular weight is 363 g/mol. The molecule has 3 aromatic rings. The van der Waals surface area contributed by atoms with E-state index in [9.17, 15) is 4.79 Å². The molecule has 0 bridgehead atoms. The topological polar surface area (TPSA) is 73.3 Å². The second kappa shape index (κ2) is 7.23. The Labute approximate surface area is 157 Å². The Bertz CT molecular complexity index is 1020. The minimum Gasteiger partial charge on any atom is -0.454 e. The SMILES string of the molecule is CCc1nc2ccc(C(=O)NCc3ccc4c(c3)OCO4)cc2nc1CC. The predicted molar refractivity (Wildman–Crippen MR) is 102 cm³/mol. The number of nitrogens with zero attached hydrogens (tertiary/aromatic N) is 2. The van der Waals surface area contributed by atoms with Crippen molar-refractivity contribution in [1.82, 2.24) is 15.3 Å². The Balaban J connectivity index is 1.52. The van der Waals surface area contributed by atoms with Crippen molar-refractivity contribution in [3.63, 3.8) is 0 Å². The van der Waals surface area contributed by atoms with Gasteiger partial charge < -0.3 is 14.8 Å². The van der Waals surface area contributed by atoms with Gasteiger partial charge in [0.05, 0.1) is 22.4 Å². The number of benzene rings is 2. The average Bonchev–Trinajstić information content (AvgIpc) is 3.18. The van der Waals surface area contributed by atoms with E-state index in [-0.39, 0.29) is 12.7 Å². The summed E-state index contributed by atoms with van der Waals surface area (Å²) >= 11 is 0. The standard InChI is InChI=1S/C21H21N3O3/c1-3-15-16(4-2)24-18-10-14(6-7-17(18)23-15)21(25)22-11-13-5-8-19-20(9-13)27-12-26-19/h5-10H,3-4,11-12H2,1-2H3,(H,22,25). The summed E-state index contributed by atoms with van der Waals surface area (Å²) in [7, 11) is 0. The molecule has 0 fully saturated rings. The summed E-state index contributed by atoms with van der Waals surface area (Å²) in [6, 6.07) is 11.1. The fourth-order valence-electron chi connectivity index (χ4n) is 3.17. The highest BCUT2D eigenvalue weighted by molar-refractivity contribution is 5.97. The maximum atomic E-state index is 12.6. The molecule has 0 atom stereocenters. The van der Waals surface area contributed by atoms with Crippen molar-refractivity contribution in [2.45, 2.75) is 33.2 Å². The fraction of sp³-hybridized carbons (Fsp3) is 0.286. The Morgan fingerprint density at radius 1 is 0.963 bits per heavy atom. The molecule has 0 saturated heterocycles. The summed E-state index contributed by atoms with van der Waals surface area (Å²) in [5, 5.41) is 2.94. The van der Waals surface area contributed by atoms with Gasteiger partial charge in [-0.05, 0) is 48.7 Å². The van der Waals surface area contributed by atoms with Gasteiger partial charge in [0.2, 0.25) is 6.79 Å². The van der Waals surface area contributed by atoms with E-state index in [1.54, 1.807) is 12.1 Å². The van der Waals surface area contributed by atoms with E-state index in [1.807, 2.05) is 24.3 Å². The quantitative estimate of drug-likeness (QED) is 0.752. The largest absolute Gasteiger partial charge is 0.454 e. The van der Waals surface area contributed by atoms with Crippen LogP contribution in [-0.2, 0) is 19.4 Å². The second-order valence-electron chi connectivity index (χ2n) is 6.40. The number of carbonyl (C=O) groups is 1. The van der Waals surface area contributed by atoms with Crippen LogP contribution in [0.15, 0.2) is 36.4 Å². The van der Waals surface area contributed by atoms with E-state index in [0.717, 1.165) is 46.6 Å². The first-order chi connectivity index (χ1) is 13.2. The highest BCUT2D eigenvalue weighted by atomic mass is 16.7. The van der Waals surface area contributed by atoms with E-state index < -0.39 is 0 Å². The normalized spacial score (nSPS) is 12.4. The van der Waals surface area contributed by atoms with E-state index in [4.69, 9.17) is 14.5 Å². The minimum absolute atomic E-state index is 0.144. The molecule has 2 aromatic carbocycles. The summed E-state index contributed by atoms with van der Waals surface area (Å²) in [5.74, 6) is 1.30. The molecule has 0 spiro atoms. The minimum atomic E-state index is -0.144. The van der Waals surface area contributed by atoms with Crippen LogP contribution in [0, 0.1) is 0 Å². The monoisotopic (exact) mass is 363 g/mol. The maximum absolute atomic E-state index is 12.6. The molecule has 1 N–H and O–H groups in total. The van der Waals surface area contributed by atoms with Gasteiger partial charge in [0.15, 0.2) is 11.5 Å². The zero-order chi connectivity index (χ0) is 18.8. The van der Waals surface area contributed by atoms with Crippen LogP contribution < -0.4 is 14.8 Å². The van der Waals surface area contributed by atoms with Crippen molar-refractivity contribution >= 4 is 16.9 Å². The van der Waals surface area contributed by atoms with Crippen molar-refractivity contribution < 1.29 is 14.3 Å². The van der Waals surface area contributed by atoms with E-state index in [1.165, 1.54) is 0 Å². The molecule has 1 aromatic heterocycles. The number of hydrogen-bond acceptors (Lipinski definition) is 5. The number of rotatable bonds is 5. The molecular weight excluding hydrogens is 342 g/mol. The van der Waals surface area contributed by atoms with E-state index >= 15 is 0 Å². The van der Waals surface area contributed by atoms with Crippen molar-refractivity contribution in [2.75, 3.05) is 6.79 Å². The third-order valence-electron chi connectivity index (χ3n) is 4.64. The number of aromatic nitrogens is 2. The Hall–Kier alpha value is -3.15. The summed E-state index contributed by atoms with van der Waals surface area (Å²) in [4.78, 5) is 21.9. The molecule has 1 aliphatic heterocycles. The highest BCUT2D eigenvalue weighted by Gasteiger charge is 2.14. The Morgan fingerprint density at radius 2 is 1.70 bits per heavy atom. The first-order valence-electron chi connectivity index (χ1n) is 9.14. The zero-order valence-electron chi connectivity index (χ0n) is 15.4. The van der Waals surface area contributed by atoms with Crippen LogP contribution in [0.4, 0.5) is 0 Å². The number of fused-ring (bicyclic) bond motifs is 2. The van der Waals surface area contributed by atoms with Crippen LogP contribution in [0.1, 0.15) is 41.2 Å². The molecule has 1 aliphatic rings. The number of nitrogens with one attached hydrogen (secondary N) is 1. The van der Waals surface area contributed by atoms with Crippen molar-refractivity contribution in [2.24, 2.45) is 0 Å². The van der Waals surface area contributed by atoms with Crippen LogP contribution in [0.25, 0.3) is 11.0 Å². The second-order valence-corrected chi connectivity index (χ2v) is 6.40. The molecule has 0 radical (unpaired) electrons. The van der Waals surface area contributed by atoms with E-state index in [2.05, 4.69) is 24.1 Å². The van der Waals surface area contributed by atoms with Gasteiger partial charge in [0.1, 0.15) is 0 Å². The molecule has 0 aliphatic carbocycles. The van der Waals surface area contributed by atoms with Crippen LogP contribution >= 0.6 is 0 Å². The predicted octanol–water partition coefficient (Wildman–Crippen LogP) is 3.41.